The number of rotatable bonds is 3. The molecule has 1 aliphatic heterocycles. The summed E-state index contributed by atoms with van der Waals surface area (Å²) in [5.41, 5.74) is 0.754. The number of hydrogen-bond acceptors (Lipinski definition) is 3. The summed E-state index contributed by atoms with van der Waals surface area (Å²) >= 11 is 0. The minimum atomic E-state index is -0.0511. The molecule has 1 saturated heterocycles. The first-order chi connectivity index (χ1) is 8.24. The molecule has 1 fully saturated rings. The second-order valence-electron chi connectivity index (χ2n) is 4.11. The Balaban J connectivity index is 1.80. The molecule has 0 spiro atoms. The first-order valence-electron chi connectivity index (χ1n) is 5.70. The fourth-order valence-electron chi connectivity index (χ4n) is 1.80. The van der Waals surface area contributed by atoms with Crippen molar-refractivity contribution in [2.45, 2.75) is 25.3 Å². The van der Waals surface area contributed by atoms with E-state index in [1.807, 2.05) is 18.2 Å². The molecule has 0 saturated carbocycles. The molecule has 1 aliphatic rings. The average molecular weight is 233 g/mol. The van der Waals surface area contributed by atoms with Crippen molar-refractivity contribution < 1.29 is 9.59 Å². The number of aromatic nitrogens is 1. The number of piperidine rings is 1. The van der Waals surface area contributed by atoms with Crippen LogP contribution in [0.25, 0.3) is 0 Å². The number of hydrogen-bond donors (Lipinski definition) is 2. The summed E-state index contributed by atoms with van der Waals surface area (Å²) in [6.45, 7) is 0.521. The van der Waals surface area contributed by atoms with Gasteiger partial charge in [0.15, 0.2) is 0 Å². The smallest absolute Gasteiger partial charge is 0.226 e. The van der Waals surface area contributed by atoms with Gasteiger partial charge in [-0.3, -0.25) is 14.6 Å². The number of carbonyl (C=O) groups is 2. The highest BCUT2D eigenvalue weighted by atomic mass is 16.2. The molecule has 1 aromatic heterocycles. The van der Waals surface area contributed by atoms with Crippen molar-refractivity contribution in [3.05, 3.63) is 30.1 Å². The Morgan fingerprint density at radius 2 is 2.41 bits per heavy atom. The summed E-state index contributed by atoms with van der Waals surface area (Å²) in [6, 6.07) is 5.54. The monoisotopic (exact) mass is 233 g/mol. The van der Waals surface area contributed by atoms with Crippen LogP contribution < -0.4 is 10.6 Å². The molecule has 2 heterocycles. The molecule has 5 heteroatoms. The zero-order valence-electron chi connectivity index (χ0n) is 9.48. The van der Waals surface area contributed by atoms with Crippen LogP contribution in [0.2, 0.25) is 0 Å². The highest BCUT2D eigenvalue weighted by Crippen LogP contribution is 2.03. The largest absolute Gasteiger partial charge is 0.354 e. The fraction of sp³-hybridized carbons (Fsp3) is 0.417. The van der Waals surface area contributed by atoms with E-state index in [0.717, 1.165) is 5.69 Å². The second-order valence-corrected chi connectivity index (χ2v) is 4.11. The molecule has 2 rings (SSSR count). The van der Waals surface area contributed by atoms with Crippen molar-refractivity contribution in [3.63, 3.8) is 0 Å². The lowest BCUT2D eigenvalue weighted by Crippen LogP contribution is -2.48. The molecule has 0 aliphatic carbocycles. The highest BCUT2D eigenvalue weighted by Gasteiger charge is 2.19. The van der Waals surface area contributed by atoms with Crippen LogP contribution in [0.4, 0.5) is 0 Å². The Hall–Kier alpha value is -1.91. The lowest BCUT2D eigenvalue weighted by molar-refractivity contribution is -0.125. The third-order valence-electron chi connectivity index (χ3n) is 2.70. The van der Waals surface area contributed by atoms with Crippen LogP contribution in [0.5, 0.6) is 0 Å². The van der Waals surface area contributed by atoms with Gasteiger partial charge >= 0.3 is 0 Å². The zero-order valence-corrected chi connectivity index (χ0v) is 9.48. The average Bonchev–Trinajstić information content (AvgIpc) is 2.33. The van der Waals surface area contributed by atoms with Gasteiger partial charge in [-0.25, -0.2) is 0 Å². The van der Waals surface area contributed by atoms with Crippen molar-refractivity contribution in [1.29, 1.82) is 0 Å². The van der Waals surface area contributed by atoms with Crippen molar-refractivity contribution in [2.75, 3.05) is 6.54 Å². The van der Waals surface area contributed by atoms with Gasteiger partial charge in [0.1, 0.15) is 0 Å². The summed E-state index contributed by atoms with van der Waals surface area (Å²) < 4.78 is 0. The van der Waals surface area contributed by atoms with E-state index in [9.17, 15) is 9.59 Å². The van der Waals surface area contributed by atoms with E-state index in [4.69, 9.17) is 0 Å². The van der Waals surface area contributed by atoms with Crippen molar-refractivity contribution in [2.24, 2.45) is 0 Å². The molecule has 2 N–H and O–H groups in total. The molecule has 0 radical (unpaired) electrons. The number of nitrogens with zero attached hydrogens (tertiary/aromatic N) is 1. The van der Waals surface area contributed by atoms with E-state index in [1.54, 1.807) is 6.20 Å². The fourth-order valence-corrected chi connectivity index (χ4v) is 1.80. The predicted octanol–water partition coefficient (Wildman–Crippen LogP) is 0.0189. The van der Waals surface area contributed by atoms with Crippen molar-refractivity contribution in [1.82, 2.24) is 15.6 Å². The first kappa shape index (κ1) is 11.6. The molecule has 1 atom stereocenters. The Morgan fingerprint density at radius 1 is 1.53 bits per heavy atom. The lowest BCUT2D eigenvalue weighted by atomic mass is 10.1. The molecular weight excluding hydrogens is 218 g/mol. The SMILES string of the molecule is O=C1CCC(NC(=O)Cc2ccccn2)CN1. The summed E-state index contributed by atoms with van der Waals surface area (Å²) in [4.78, 5) is 26.7. The van der Waals surface area contributed by atoms with Gasteiger partial charge in [-0.1, -0.05) is 6.07 Å². The molecule has 0 bridgehead atoms. The molecule has 0 aromatic carbocycles. The molecule has 1 aromatic rings. The number of amides is 2. The van der Waals surface area contributed by atoms with Gasteiger partial charge in [0, 0.05) is 30.9 Å². The van der Waals surface area contributed by atoms with Crippen molar-refractivity contribution in [3.8, 4) is 0 Å². The lowest BCUT2D eigenvalue weighted by Gasteiger charge is -2.23. The third kappa shape index (κ3) is 3.55. The van der Waals surface area contributed by atoms with Crippen LogP contribution in [-0.2, 0) is 16.0 Å². The number of nitrogens with one attached hydrogen (secondary N) is 2. The molecule has 1 unspecified atom stereocenters. The number of carbonyl (C=O) groups excluding carboxylic acids is 2. The van der Waals surface area contributed by atoms with Crippen LogP contribution in [0.1, 0.15) is 18.5 Å². The van der Waals surface area contributed by atoms with Crippen LogP contribution in [0.15, 0.2) is 24.4 Å². The van der Waals surface area contributed by atoms with Gasteiger partial charge in [-0.05, 0) is 18.6 Å². The van der Waals surface area contributed by atoms with E-state index in [0.29, 0.717) is 19.4 Å². The van der Waals surface area contributed by atoms with Crippen LogP contribution in [0, 0.1) is 0 Å². The van der Waals surface area contributed by atoms with E-state index in [1.165, 1.54) is 0 Å². The molecule has 2 amide bonds. The first-order valence-corrected chi connectivity index (χ1v) is 5.70. The number of pyridine rings is 1. The maximum Gasteiger partial charge on any atom is 0.226 e. The summed E-state index contributed by atoms with van der Waals surface area (Å²) in [5.74, 6) is 0.00470. The Labute approximate surface area is 99.6 Å². The Morgan fingerprint density at radius 3 is 3.06 bits per heavy atom. The van der Waals surface area contributed by atoms with E-state index < -0.39 is 0 Å². The maximum atomic E-state index is 11.7. The van der Waals surface area contributed by atoms with Gasteiger partial charge in [0.25, 0.3) is 0 Å². The normalized spacial score (nSPS) is 19.5. The van der Waals surface area contributed by atoms with Gasteiger partial charge in [0.2, 0.25) is 11.8 Å². The van der Waals surface area contributed by atoms with Gasteiger partial charge in [0.05, 0.1) is 6.42 Å². The predicted molar refractivity (Wildman–Crippen MR) is 62.1 cm³/mol. The van der Waals surface area contributed by atoms with Gasteiger partial charge in [-0.15, -0.1) is 0 Å². The minimum absolute atomic E-state index is 0.0453. The molecular formula is C12H15N3O2. The molecule has 5 nitrogen and oxygen atoms in total. The summed E-state index contributed by atoms with van der Waals surface area (Å²) in [6.07, 6.45) is 3.14. The summed E-state index contributed by atoms with van der Waals surface area (Å²) in [5, 5.41) is 5.63. The van der Waals surface area contributed by atoms with E-state index in [-0.39, 0.29) is 24.3 Å². The third-order valence-corrected chi connectivity index (χ3v) is 2.70. The molecule has 90 valence electrons. The van der Waals surface area contributed by atoms with Gasteiger partial charge < -0.3 is 10.6 Å². The van der Waals surface area contributed by atoms with E-state index in [2.05, 4.69) is 15.6 Å². The van der Waals surface area contributed by atoms with Gasteiger partial charge in [-0.2, -0.15) is 0 Å². The van der Waals surface area contributed by atoms with Crippen LogP contribution in [0.3, 0.4) is 0 Å². The Kier molecular flexibility index (Phi) is 3.69. The molecule has 17 heavy (non-hydrogen) atoms. The topological polar surface area (TPSA) is 71.1 Å². The standard InChI is InChI=1S/C12H15N3O2/c16-11-5-4-10(8-14-11)15-12(17)7-9-3-1-2-6-13-9/h1-3,6,10H,4-5,7-8H2,(H,14,16)(H,15,17). The van der Waals surface area contributed by atoms with E-state index >= 15 is 0 Å². The van der Waals surface area contributed by atoms with Crippen molar-refractivity contribution >= 4 is 11.8 Å². The quantitative estimate of drug-likeness (QED) is 0.773. The minimum Gasteiger partial charge on any atom is -0.354 e. The second kappa shape index (κ2) is 5.43. The zero-order chi connectivity index (χ0) is 12.1. The van der Waals surface area contributed by atoms with Crippen LogP contribution >= 0.6 is 0 Å². The summed E-state index contributed by atoms with van der Waals surface area (Å²) in [7, 11) is 0. The maximum absolute atomic E-state index is 11.7. The highest BCUT2D eigenvalue weighted by molar-refractivity contribution is 5.80. The Bertz CT molecular complexity index is 395. The van der Waals surface area contributed by atoms with Crippen LogP contribution in [-0.4, -0.2) is 29.4 Å².